The number of carbonyl (C=O) groups excluding carboxylic acids is 1. The van der Waals surface area contributed by atoms with Crippen LogP contribution in [0.2, 0.25) is 0 Å². The molecular formula is C19H17F3N4O3S. The number of rotatable bonds is 5. The molecule has 1 aromatic carbocycles. The van der Waals surface area contributed by atoms with E-state index in [2.05, 4.69) is 10.4 Å². The van der Waals surface area contributed by atoms with Crippen molar-refractivity contribution in [1.29, 1.82) is 0 Å². The first-order valence-corrected chi connectivity index (χ1v) is 10.1. The average Bonchev–Trinajstić information content (AvgIpc) is 3.43. The second kappa shape index (κ2) is 7.98. The maximum absolute atomic E-state index is 13.2. The Labute approximate surface area is 172 Å². The van der Waals surface area contributed by atoms with Crippen LogP contribution in [0.1, 0.15) is 18.4 Å². The highest BCUT2D eigenvalue weighted by Gasteiger charge is 2.32. The number of anilines is 2. The molecule has 2 aromatic heterocycles. The third kappa shape index (κ3) is 4.25. The molecule has 0 bridgehead atoms. The molecule has 0 unspecified atom stereocenters. The monoisotopic (exact) mass is 438 g/mol. The van der Waals surface area contributed by atoms with Crippen molar-refractivity contribution in [2.24, 2.45) is 0 Å². The first-order valence-electron chi connectivity index (χ1n) is 9.19. The third-order valence-electron chi connectivity index (χ3n) is 4.68. The van der Waals surface area contributed by atoms with Crippen LogP contribution in [0.5, 0.6) is 0 Å². The van der Waals surface area contributed by atoms with E-state index in [1.807, 2.05) is 4.90 Å². The number of hydrogen-bond donors (Lipinski definition) is 1. The summed E-state index contributed by atoms with van der Waals surface area (Å²) in [5.41, 5.74) is -0.299. The first kappa shape index (κ1) is 20.2. The van der Waals surface area contributed by atoms with Crippen LogP contribution < -0.4 is 16.0 Å². The van der Waals surface area contributed by atoms with Crippen LogP contribution in [0.25, 0.3) is 10.8 Å². The molecule has 7 nitrogen and oxygen atoms in total. The summed E-state index contributed by atoms with van der Waals surface area (Å²) in [5, 5.41) is 8.27. The standard InChI is InChI=1S/C19H17F3N4O3S/c20-19(21,22)12-5-6-14(25-7-1-2-8-25)13(10-12)23-16(27)11-26-18(28)29-17(24-26)15-4-3-9-30-15/h3-6,9-10H,1-2,7-8,11H2,(H,23,27). The van der Waals surface area contributed by atoms with Gasteiger partial charge in [0.2, 0.25) is 5.91 Å². The van der Waals surface area contributed by atoms with Gasteiger partial charge in [0.15, 0.2) is 0 Å². The van der Waals surface area contributed by atoms with Crippen molar-refractivity contribution in [2.75, 3.05) is 23.3 Å². The summed E-state index contributed by atoms with van der Waals surface area (Å²) in [7, 11) is 0. The summed E-state index contributed by atoms with van der Waals surface area (Å²) < 4.78 is 45.4. The topological polar surface area (TPSA) is 80.4 Å². The normalized spacial score (nSPS) is 14.3. The predicted octanol–water partition coefficient (Wildman–Crippen LogP) is 3.82. The Morgan fingerprint density at radius 3 is 2.67 bits per heavy atom. The van der Waals surface area contributed by atoms with Gasteiger partial charge in [-0.25, -0.2) is 4.79 Å². The van der Waals surface area contributed by atoms with E-state index in [9.17, 15) is 22.8 Å². The molecule has 1 aliphatic rings. The van der Waals surface area contributed by atoms with E-state index < -0.39 is 29.9 Å². The van der Waals surface area contributed by atoms with Crippen molar-refractivity contribution < 1.29 is 22.4 Å². The van der Waals surface area contributed by atoms with E-state index >= 15 is 0 Å². The lowest BCUT2D eigenvalue weighted by Crippen LogP contribution is -2.27. The molecular weight excluding hydrogens is 421 g/mol. The zero-order chi connectivity index (χ0) is 21.3. The molecule has 11 heteroatoms. The maximum atomic E-state index is 13.2. The van der Waals surface area contributed by atoms with Crippen LogP contribution in [-0.4, -0.2) is 28.8 Å². The van der Waals surface area contributed by atoms with Gasteiger partial charge in [-0.2, -0.15) is 17.9 Å². The van der Waals surface area contributed by atoms with Crippen molar-refractivity contribution in [3.05, 3.63) is 51.8 Å². The van der Waals surface area contributed by atoms with Gasteiger partial charge in [0, 0.05) is 13.1 Å². The Hall–Kier alpha value is -3.08. The Kier molecular flexibility index (Phi) is 5.37. The number of carbonyl (C=O) groups is 1. The zero-order valence-electron chi connectivity index (χ0n) is 15.6. The fourth-order valence-corrected chi connectivity index (χ4v) is 3.92. The van der Waals surface area contributed by atoms with Gasteiger partial charge in [0.25, 0.3) is 5.89 Å². The molecule has 1 fully saturated rings. The molecule has 158 valence electrons. The molecule has 4 rings (SSSR count). The largest absolute Gasteiger partial charge is 0.437 e. The Balaban J connectivity index is 1.57. The van der Waals surface area contributed by atoms with Gasteiger partial charge in [0.05, 0.1) is 21.8 Å². The van der Waals surface area contributed by atoms with Gasteiger partial charge in [-0.1, -0.05) is 6.07 Å². The molecule has 30 heavy (non-hydrogen) atoms. The summed E-state index contributed by atoms with van der Waals surface area (Å²) in [6.45, 7) is 0.908. The van der Waals surface area contributed by atoms with E-state index in [1.54, 1.807) is 17.5 Å². The SMILES string of the molecule is O=C(Cn1nc(-c2cccs2)oc1=O)Nc1cc(C(F)(F)F)ccc1N1CCCC1. The smallest absolute Gasteiger partial charge is 0.387 e. The summed E-state index contributed by atoms with van der Waals surface area (Å²) in [5.74, 6) is -1.42. The summed E-state index contributed by atoms with van der Waals surface area (Å²) in [4.78, 5) is 27.0. The molecule has 0 aliphatic carbocycles. The van der Waals surface area contributed by atoms with Gasteiger partial charge >= 0.3 is 11.9 Å². The number of thiophene rings is 1. The number of aromatic nitrogens is 2. The lowest BCUT2D eigenvalue weighted by Gasteiger charge is -2.22. The van der Waals surface area contributed by atoms with E-state index in [-0.39, 0.29) is 11.6 Å². The number of nitrogens with zero attached hydrogens (tertiary/aromatic N) is 3. The van der Waals surface area contributed by atoms with Crippen LogP contribution >= 0.6 is 11.3 Å². The highest BCUT2D eigenvalue weighted by molar-refractivity contribution is 7.13. The summed E-state index contributed by atoms with van der Waals surface area (Å²) in [6.07, 6.45) is -2.69. The van der Waals surface area contributed by atoms with Gasteiger partial charge < -0.3 is 14.6 Å². The van der Waals surface area contributed by atoms with Crippen molar-refractivity contribution in [2.45, 2.75) is 25.6 Å². The molecule has 0 atom stereocenters. The van der Waals surface area contributed by atoms with E-state index in [1.165, 1.54) is 17.4 Å². The Morgan fingerprint density at radius 1 is 1.23 bits per heavy atom. The van der Waals surface area contributed by atoms with Gasteiger partial charge in [-0.05, 0) is 42.5 Å². The van der Waals surface area contributed by atoms with Crippen molar-refractivity contribution in [1.82, 2.24) is 9.78 Å². The molecule has 3 heterocycles. The lowest BCUT2D eigenvalue weighted by atomic mass is 10.1. The van der Waals surface area contributed by atoms with Gasteiger partial charge in [-0.15, -0.1) is 16.4 Å². The molecule has 3 aromatic rings. The predicted molar refractivity (Wildman–Crippen MR) is 106 cm³/mol. The minimum Gasteiger partial charge on any atom is -0.387 e. The van der Waals surface area contributed by atoms with Crippen LogP contribution in [0.4, 0.5) is 24.5 Å². The molecule has 0 saturated carbocycles. The number of nitrogens with one attached hydrogen (secondary N) is 1. The fraction of sp³-hybridized carbons (Fsp3) is 0.316. The van der Waals surface area contributed by atoms with Crippen LogP contribution in [0.15, 0.2) is 44.9 Å². The Bertz CT molecular complexity index is 1100. The third-order valence-corrected chi connectivity index (χ3v) is 5.53. The zero-order valence-corrected chi connectivity index (χ0v) is 16.4. The van der Waals surface area contributed by atoms with E-state index in [0.29, 0.717) is 23.7 Å². The highest BCUT2D eigenvalue weighted by Crippen LogP contribution is 2.36. The van der Waals surface area contributed by atoms with Crippen LogP contribution in [0, 0.1) is 0 Å². The number of amides is 1. The molecule has 1 saturated heterocycles. The highest BCUT2D eigenvalue weighted by atomic mass is 32.1. The second-order valence-electron chi connectivity index (χ2n) is 6.78. The van der Waals surface area contributed by atoms with Crippen LogP contribution in [0.3, 0.4) is 0 Å². The average molecular weight is 438 g/mol. The van der Waals surface area contributed by atoms with E-state index in [0.717, 1.165) is 29.7 Å². The summed E-state index contributed by atoms with van der Waals surface area (Å²) in [6, 6.07) is 6.75. The molecule has 1 amide bonds. The first-order chi connectivity index (χ1) is 14.3. The number of hydrogen-bond acceptors (Lipinski definition) is 6. The molecule has 0 spiro atoms. The maximum Gasteiger partial charge on any atom is 0.437 e. The van der Waals surface area contributed by atoms with E-state index in [4.69, 9.17) is 4.42 Å². The van der Waals surface area contributed by atoms with Gasteiger partial charge in [0.1, 0.15) is 6.54 Å². The van der Waals surface area contributed by atoms with Crippen molar-refractivity contribution in [3.8, 4) is 10.8 Å². The number of halogens is 3. The second-order valence-corrected chi connectivity index (χ2v) is 7.73. The van der Waals surface area contributed by atoms with Crippen LogP contribution in [-0.2, 0) is 17.5 Å². The minimum absolute atomic E-state index is 0.0479. The quantitative estimate of drug-likeness (QED) is 0.655. The number of benzene rings is 1. The fourth-order valence-electron chi connectivity index (χ4n) is 3.28. The minimum atomic E-state index is -4.54. The lowest BCUT2D eigenvalue weighted by molar-refractivity contribution is -0.137. The molecule has 1 N–H and O–H groups in total. The number of alkyl halides is 3. The van der Waals surface area contributed by atoms with Gasteiger partial charge in [-0.3, -0.25) is 4.79 Å². The summed E-state index contributed by atoms with van der Waals surface area (Å²) >= 11 is 1.32. The van der Waals surface area contributed by atoms with Crippen molar-refractivity contribution in [3.63, 3.8) is 0 Å². The molecule has 0 radical (unpaired) electrons. The molecule has 1 aliphatic heterocycles. The van der Waals surface area contributed by atoms with Crippen molar-refractivity contribution >= 4 is 28.6 Å². The Morgan fingerprint density at radius 2 is 2.00 bits per heavy atom.